The van der Waals surface area contributed by atoms with Crippen LogP contribution >= 0.6 is 15.9 Å². The second-order valence-corrected chi connectivity index (χ2v) is 5.72. The van der Waals surface area contributed by atoms with Crippen molar-refractivity contribution in [2.24, 2.45) is 0 Å². The van der Waals surface area contributed by atoms with Crippen LogP contribution in [0.1, 0.15) is 17.9 Å². The third-order valence-corrected chi connectivity index (χ3v) is 3.88. The van der Waals surface area contributed by atoms with Crippen molar-refractivity contribution in [1.29, 1.82) is 0 Å². The smallest absolute Gasteiger partial charge is 0.232 e. The Morgan fingerprint density at radius 2 is 1.91 bits per heavy atom. The van der Waals surface area contributed by atoms with E-state index in [0.717, 1.165) is 24.3 Å². The summed E-state index contributed by atoms with van der Waals surface area (Å²) in [5.41, 5.74) is 0.154. The lowest BCUT2D eigenvalue weighted by Crippen LogP contribution is -2.22. The summed E-state index contributed by atoms with van der Waals surface area (Å²) in [5.74, 6) is -3.40. The van der Waals surface area contributed by atoms with Crippen LogP contribution in [0.25, 0.3) is 0 Å². The van der Waals surface area contributed by atoms with Gasteiger partial charge in [-0.25, -0.2) is 13.2 Å². The first-order valence-electron chi connectivity index (χ1n) is 6.74. The molecule has 2 aromatic carbocycles. The average Bonchev–Trinajstić information content (AvgIpc) is 2.51. The molecule has 0 fully saturated rings. The quantitative estimate of drug-likeness (QED) is 0.709. The molecule has 1 atom stereocenters. The third-order valence-electron chi connectivity index (χ3n) is 3.24. The largest absolute Gasteiger partial charge is 0.325 e. The number of rotatable bonds is 5. The van der Waals surface area contributed by atoms with Gasteiger partial charge >= 0.3 is 0 Å². The number of carbonyl (C=O) groups is 1. The van der Waals surface area contributed by atoms with Gasteiger partial charge in [0.1, 0.15) is 17.5 Å². The Morgan fingerprint density at radius 1 is 1.17 bits per heavy atom. The molecule has 0 radical (unpaired) electrons. The molecule has 0 aliphatic carbocycles. The van der Waals surface area contributed by atoms with Gasteiger partial charge in [-0.3, -0.25) is 4.79 Å². The number of benzene rings is 2. The summed E-state index contributed by atoms with van der Waals surface area (Å²) in [4.78, 5) is 12.4. The van der Waals surface area contributed by atoms with E-state index < -0.39 is 29.3 Å². The standard InChI is InChI=1S/C17H13BrF3NO/c1-2-3-12(13-8-10(19)4-7-15(13)20)17(23)22-11-5-6-14(18)16(21)9-11/h2,4-9,12H,1,3H2,(H,22,23). The highest BCUT2D eigenvalue weighted by Crippen LogP contribution is 2.27. The molecule has 1 unspecified atom stereocenters. The summed E-state index contributed by atoms with van der Waals surface area (Å²) in [6, 6.07) is 6.99. The molecule has 1 amide bonds. The second-order valence-electron chi connectivity index (χ2n) is 4.86. The number of nitrogens with one attached hydrogen (secondary N) is 1. The molecule has 1 N–H and O–H groups in total. The minimum Gasteiger partial charge on any atom is -0.325 e. The highest BCUT2D eigenvalue weighted by molar-refractivity contribution is 9.10. The van der Waals surface area contributed by atoms with Gasteiger partial charge in [-0.05, 0) is 58.7 Å². The first-order valence-corrected chi connectivity index (χ1v) is 7.53. The van der Waals surface area contributed by atoms with Gasteiger partial charge in [-0.1, -0.05) is 6.08 Å². The SMILES string of the molecule is C=CCC(C(=O)Nc1ccc(Br)c(F)c1)c1cc(F)ccc1F. The van der Waals surface area contributed by atoms with Crippen LogP contribution in [0.15, 0.2) is 53.5 Å². The van der Waals surface area contributed by atoms with Gasteiger partial charge in [0, 0.05) is 11.3 Å². The molecule has 0 aliphatic heterocycles. The van der Waals surface area contributed by atoms with Crippen LogP contribution in [0.3, 0.4) is 0 Å². The molecule has 6 heteroatoms. The van der Waals surface area contributed by atoms with Crippen LogP contribution in [0.5, 0.6) is 0 Å². The minimum atomic E-state index is -0.963. The van der Waals surface area contributed by atoms with Crippen molar-refractivity contribution >= 4 is 27.5 Å². The van der Waals surface area contributed by atoms with Gasteiger partial charge in [0.2, 0.25) is 5.91 Å². The molecular formula is C17H13BrF3NO. The van der Waals surface area contributed by atoms with Crippen LogP contribution in [-0.2, 0) is 4.79 Å². The summed E-state index contributed by atoms with van der Waals surface area (Å²) in [5, 5.41) is 2.50. The van der Waals surface area contributed by atoms with Gasteiger partial charge in [0.05, 0.1) is 10.4 Å². The molecule has 0 saturated heterocycles. The first kappa shape index (κ1) is 17.3. The Kier molecular flexibility index (Phi) is 5.60. The van der Waals surface area contributed by atoms with Crippen molar-refractivity contribution in [3.8, 4) is 0 Å². The number of carbonyl (C=O) groups excluding carboxylic acids is 1. The lowest BCUT2D eigenvalue weighted by Gasteiger charge is -2.16. The molecule has 0 spiro atoms. The third kappa shape index (κ3) is 4.22. The van der Waals surface area contributed by atoms with Gasteiger partial charge in [-0.15, -0.1) is 6.58 Å². The summed E-state index contributed by atoms with van der Waals surface area (Å²) in [6.07, 6.45) is 1.56. The molecule has 0 aliphatic rings. The monoisotopic (exact) mass is 383 g/mol. The van der Waals surface area contributed by atoms with E-state index in [4.69, 9.17) is 0 Å². The maximum atomic E-state index is 13.9. The fourth-order valence-corrected chi connectivity index (χ4v) is 2.37. The Bertz CT molecular complexity index is 749. The van der Waals surface area contributed by atoms with E-state index in [1.54, 1.807) is 0 Å². The average molecular weight is 384 g/mol. The fourth-order valence-electron chi connectivity index (χ4n) is 2.13. The van der Waals surface area contributed by atoms with Crippen LogP contribution in [0, 0.1) is 17.5 Å². The maximum absolute atomic E-state index is 13.9. The summed E-state index contributed by atoms with van der Waals surface area (Å²) >= 11 is 3.01. The highest BCUT2D eigenvalue weighted by atomic mass is 79.9. The topological polar surface area (TPSA) is 29.1 Å². The Balaban J connectivity index is 2.29. The van der Waals surface area contributed by atoms with Crippen molar-refractivity contribution in [1.82, 2.24) is 0 Å². The van der Waals surface area contributed by atoms with Crippen molar-refractivity contribution in [3.63, 3.8) is 0 Å². The maximum Gasteiger partial charge on any atom is 0.232 e. The molecular weight excluding hydrogens is 371 g/mol. The van der Waals surface area contributed by atoms with Crippen LogP contribution in [-0.4, -0.2) is 5.91 Å². The number of anilines is 1. The number of hydrogen-bond acceptors (Lipinski definition) is 1. The zero-order valence-corrected chi connectivity index (χ0v) is 13.5. The first-order chi connectivity index (χ1) is 10.9. The molecule has 120 valence electrons. The number of allylic oxidation sites excluding steroid dienone is 1. The van der Waals surface area contributed by atoms with Gasteiger partial charge in [0.25, 0.3) is 0 Å². The fraction of sp³-hybridized carbons (Fsp3) is 0.118. The van der Waals surface area contributed by atoms with E-state index in [9.17, 15) is 18.0 Å². The summed E-state index contributed by atoms with van der Waals surface area (Å²) in [6.45, 7) is 3.53. The van der Waals surface area contributed by atoms with E-state index in [0.29, 0.717) is 0 Å². The number of amides is 1. The molecule has 0 heterocycles. The van der Waals surface area contributed by atoms with Gasteiger partial charge in [0.15, 0.2) is 0 Å². The second kappa shape index (κ2) is 7.46. The Labute approximate surface area is 140 Å². The van der Waals surface area contributed by atoms with Crippen LogP contribution < -0.4 is 5.32 Å². The zero-order valence-electron chi connectivity index (χ0n) is 12.0. The van der Waals surface area contributed by atoms with E-state index in [1.807, 2.05) is 0 Å². The molecule has 23 heavy (non-hydrogen) atoms. The number of halogens is 4. The Hall–Kier alpha value is -2.08. The Morgan fingerprint density at radius 3 is 2.57 bits per heavy atom. The minimum absolute atomic E-state index is 0.0695. The van der Waals surface area contributed by atoms with E-state index >= 15 is 0 Å². The summed E-state index contributed by atoms with van der Waals surface area (Å²) in [7, 11) is 0. The summed E-state index contributed by atoms with van der Waals surface area (Å²) < 4.78 is 41.0. The zero-order chi connectivity index (χ0) is 17.0. The molecule has 2 nitrogen and oxygen atoms in total. The van der Waals surface area contributed by atoms with Crippen molar-refractivity contribution < 1.29 is 18.0 Å². The van der Waals surface area contributed by atoms with Crippen molar-refractivity contribution in [2.45, 2.75) is 12.3 Å². The highest BCUT2D eigenvalue weighted by Gasteiger charge is 2.23. The molecule has 0 aromatic heterocycles. The molecule has 0 saturated carbocycles. The van der Waals surface area contributed by atoms with E-state index in [-0.39, 0.29) is 22.1 Å². The predicted molar refractivity (Wildman–Crippen MR) is 86.6 cm³/mol. The van der Waals surface area contributed by atoms with Gasteiger partial charge in [-0.2, -0.15) is 0 Å². The van der Waals surface area contributed by atoms with Crippen LogP contribution in [0.4, 0.5) is 18.9 Å². The molecule has 2 rings (SSSR count). The lowest BCUT2D eigenvalue weighted by atomic mass is 9.94. The lowest BCUT2D eigenvalue weighted by molar-refractivity contribution is -0.117. The van der Waals surface area contributed by atoms with Gasteiger partial charge < -0.3 is 5.32 Å². The number of hydrogen-bond donors (Lipinski definition) is 1. The van der Waals surface area contributed by atoms with Crippen molar-refractivity contribution in [3.05, 3.63) is 76.5 Å². The normalized spacial score (nSPS) is 11.8. The van der Waals surface area contributed by atoms with E-state index in [1.165, 1.54) is 18.2 Å². The molecule has 0 bridgehead atoms. The van der Waals surface area contributed by atoms with Crippen LogP contribution in [0.2, 0.25) is 0 Å². The van der Waals surface area contributed by atoms with E-state index in [2.05, 4.69) is 27.8 Å². The molecule has 2 aromatic rings. The predicted octanol–water partition coefficient (Wildman–Crippen LogP) is 5.16. The van der Waals surface area contributed by atoms with Crippen molar-refractivity contribution in [2.75, 3.05) is 5.32 Å².